The molecule has 1 aromatic carbocycles. The van der Waals surface area contributed by atoms with Gasteiger partial charge in [0.2, 0.25) is 0 Å². The quantitative estimate of drug-likeness (QED) is 0.852. The van der Waals surface area contributed by atoms with Gasteiger partial charge in [-0.15, -0.1) is 0 Å². The molecule has 1 unspecified atom stereocenters. The number of nitrogens with zero attached hydrogens (tertiary/aromatic N) is 2. The molecule has 5 heteroatoms. The van der Waals surface area contributed by atoms with Crippen molar-refractivity contribution in [3.8, 4) is 5.75 Å². The van der Waals surface area contributed by atoms with Gasteiger partial charge < -0.3 is 14.6 Å². The number of rotatable bonds is 7. The van der Waals surface area contributed by atoms with Gasteiger partial charge in [-0.05, 0) is 37.6 Å². The number of nitrogens with one attached hydrogen (secondary N) is 1. The van der Waals surface area contributed by atoms with Gasteiger partial charge in [0.15, 0.2) is 11.6 Å². The Hall–Kier alpha value is -1.88. The van der Waals surface area contributed by atoms with Crippen LogP contribution in [0, 0.1) is 5.82 Å². The second kappa shape index (κ2) is 7.22. The molecule has 0 radical (unpaired) electrons. The first-order valence-electron chi connectivity index (χ1n) is 7.29. The summed E-state index contributed by atoms with van der Waals surface area (Å²) in [5.74, 6) is 0.801. The van der Waals surface area contributed by atoms with Crippen molar-refractivity contribution in [2.24, 2.45) is 0 Å². The zero-order valence-electron chi connectivity index (χ0n) is 12.8. The molecule has 0 fully saturated rings. The smallest absolute Gasteiger partial charge is 0.165 e. The topological polar surface area (TPSA) is 39.1 Å². The maximum absolute atomic E-state index is 14.0. The van der Waals surface area contributed by atoms with Gasteiger partial charge in [0.05, 0.1) is 13.2 Å². The molecule has 114 valence electrons. The molecule has 21 heavy (non-hydrogen) atoms. The summed E-state index contributed by atoms with van der Waals surface area (Å²) in [7, 11) is 1.47. The van der Waals surface area contributed by atoms with Gasteiger partial charge in [-0.25, -0.2) is 9.37 Å². The summed E-state index contributed by atoms with van der Waals surface area (Å²) in [5, 5.41) is 3.44. The molecular formula is C16H22FN3O. The van der Waals surface area contributed by atoms with Crippen molar-refractivity contribution in [3.05, 3.63) is 47.8 Å². The Bertz CT molecular complexity index is 583. The van der Waals surface area contributed by atoms with Crippen molar-refractivity contribution in [2.75, 3.05) is 13.7 Å². The maximum atomic E-state index is 14.0. The summed E-state index contributed by atoms with van der Waals surface area (Å²) in [6.45, 7) is 5.84. The lowest BCUT2D eigenvalue weighted by Gasteiger charge is -2.20. The van der Waals surface area contributed by atoms with E-state index in [1.165, 1.54) is 13.2 Å². The number of ether oxygens (including phenoxy) is 1. The van der Waals surface area contributed by atoms with Crippen LogP contribution in [0.15, 0.2) is 30.6 Å². The van der Waals surface area contributed by atoms with Gasteiger partial charge in [0.1, 0.15) is 5.82 Å². The van der Waals surface area contributed by atoms with Gasteiger partial charge >= 0.3 is 0 Å². The van der Waals surface area contributed by atoms with Crippen LogP contribution in [0.3, 0.4) is 0 Å². The average Bonchev–Trinajstić information content (AvgIpc) is 2.96. The zero-order chi connectivity index (χ0) is 15.2. The molecule has 4 nitrogen and oxygen atoms in total. The van der Waals surface area contributed by atoms with Crippen molar-refractivity contribution in [3.63, 3.8) is 0 Å². The van der Waals surface area contributed by atoms with E-state index in [0.29, 0.717) is 0 Å². The molecule has 1 N–H and O–H groups in total. The van der Waals surface area contributed by atoms with Crippen molar-refractivity contribution in [2.45, 2.75) is 32.9 Å². The number of imidazole rings is 1. The molecule has 0 saturated heterocycles. The highest BCUT2D eigenvalue weighted by molar-refractivity contribution is 5.33. The second-order valence-corrected chi connectivity index (χ2v) is 4.85. The standard InChI is InChI=1S/C16H22FN3O/c1-4-8-18-15(16-19-9-10-20(16)5-2)12-6-7-14(21-3)13(17)11-12/h6-7,9-11,15,18H,4-5,8H2,1-3H3. The lowest BCUT2D eigenvalue weighted by molar-refractivity contribution is 0.385. The van der Waals surface area contributed by atoms with E-state index in [2.05, 4.69) is 28.7 Å². The molecule has 0 aliphatic carbocycles. The lowest BCUT2D eigenvalue weighted by atomic mass is 10.1. The number of benzene rings is 1. The minimum absolute atomic E-state index is 0.125. The molecule has 0 aliphatic heterocycles. The second-order valence-electron chi connectivity index (χ2n) is 4.85. The Labute approximate surface area is 125 Å². The first-order chi connectivity index (χ1) is 10.2. The minimum Gasteiger partial charge on any atom is -0.494 e. The summed E-state index contributed by atoms with van der Waals surface area (Å²) in [6, 6.07) is 4.93. The highest BCUT2D eigenvalue weighted by Crippen LogP contribution is 2.25. The summed E-state index contributed by atoms with van der Waals surface area (Å²) in [5.41, 5.74) is 0.850. The predicted octanol–water partition coefficient (Wildman–Crippen LogP) is 3.14. The van der Waals surface area contributed by atoms with E-state index in [-0.39, 0.29) is 17.6 Å². The number of halogens is 1. The van der Waals surface area contributed by atoms with Crippen LogP contribution in [0.4, 0.5) is 4.39 Å². The van der Waals surface area contributed by atoms with Crippen molar-refractivity contribution in [1.82, 2.24) is 14.9 Å². The Morgan fingerprint density at radius 1 is 1.38 bits per heavy atom. The van der Waals surface area contributed by atoms with Crippen molar-refractivity contribution >= 4 is 0 Å². The zero-order valence-corrected chi connectivity index (χ0v) is 12.8. The van der Waals surface area contributed by atoms with E-state index >= 15 is 0 Å². The van der Waals surface area contributed by atoms with E-state index in [4.69, 9.17) is 4.74 Å². The van der Waals surface area contributed by atoms with E-state index < -0.39 is 0 Å². The SMILES string of the molecule is CCCNC(c1ccc(OC)c(F)c1)c1nccn1CC. The van der Waals surface area contributed by atoms with Crippen LogP contribution in [0.1, 0.15) is 37.7 Å². The Balaban J connectivity index is 2.38. The maximum Gasteiger partial charge on any atom is 0.165 e. The molecule has 1 heterocycles. The van der Waals surface area contributed by atoms with Crippen LogP contribution in [-0.4, -0.2) is 23.2 Å². The van der Waals surface area contributed by atoms with Crippen molar-refractivity contribution < 1.29 is 9.13 Å². The highest BCUT2D eigenvalue weighted by Gasteiger charge is 2.19. The lowest BCUT2D eigenvalue weighted by Crippen LogP contribution is -2.26. The van der Waals surface area contributed by atoms with Crippen LogP contribution < -0.4 is 10.1 Å². The third-order valence-electron chi connectivity index (χ3n) is 3.45. The molecule has 0 aliphatic rings. The third-order valence-corrected chi connectivity index (χ3v) is 3.45. The Morgan fingerprint density at radius 2 is 2.19 bits per heavy atom. The third kappa shape index (κ3) is 3.42. The van der Waals surface area contributed by atoms with Crippen LogP contribution in [0.25, 0.3) is 0 Å². The molecule has 2 rings (SSSR count). The largest absolute Gasteiger partial charge is 0.494 e. The Kier molecular flexibility index (Phi) is 5.33. The summed E-state index contributed by atoms with van der Waals surface area (Å²) < 4.78 is 21.0. The highest BCUT2D eigenvalue weighted by atomic mass is 19.1. The summed E-state index contributed by atoms with van der Waals surface area (Å²) >= 11 is 0. The van der Waals surface area contributed by atoms with Crippen LogP contribution in [0.2, 0.25) is 0 Å². The number of aromatic nitrogens is 2. The van der Waals surface area contributed by atoms with Gasteiger partial charge in [-0.1, -0.05) is 13.0 Å². The Morgan fingerprint density at radius 3 is 2.81 bits per heavy atom. The fraction of sp³-hybridized carbons (Fsp3) is 0.438. The molecule has 1 atom stereocenters. The number of methoxy groups -OCH3 is 1. The van der Waals surface area contributed by atoms with E-state index in [9.17, 15) is 4.39 Å². The van der Waals surface area contributed by atoms with Crippen molar-refractivity contribution in [1.29, 1.82) is 0 Å². The summed E-state index contributed by atoms with van der Waals surface area (Å²) in [4.78, 5) is 4.44. The monoisotopic (exact) mass is 291 g/mol. The van der Waals surface area contributed by atoms with E-state index in [0.717, 1.165) is 30.9 Å². The normalized spacial score (nSPS) is 12.4. The molecule has 0 saturated carbocycles. The number of hydrogen-bond donors (Lipinski definition) is 1. The molecule has 0 bridgehead atoms. The number of hydrogen-bond acceptors (Lipinski definition) is 3. The van der Waals surface area contributed by atoms with E-state index in [1.807, 2.05) is 12.3 Å². The van der Waals surface area contributed by atoms with Crippen LogP contribution in [-0.2, 0) is 6.54 Å². The fourth-order valence-electron chi connectivity index (χ4n) is 2.36. The molecule has 1 aromatic heterocycles. The minimum atomic E-state index is -0.354. The summed E-state index contributed by atoms with van der Waals surface area (Å²) in [6.07, 6.45) is 4.72. The van der Waals surface area contributed by atoms with Gasteiger partial charge in [0.25, 0.3) is 0 Å². The first kappa shape index (κ1) is 15.5. The van der Waals surface area contributed by atoms with Crippen LogP contribution >= 0.6 is 0 Å². The molecule has 0 amide bonds. The predicted molar refractivity (Wildman–Crippen MR) is 81.0 cm³/mol. The molecular weight excluding hydrogens is 269 g/mol. The average molecular weight is 291 g/mol. The van der Waals surface area contributed by atoms with E-state index in [1.54, 1.807) is 12.3 Å². The first-order valence-corrected chi connectivity index (χ1v) is 7.29. The number of aryl methyl sites for hydroxylation is 1. The molecule has 0 spiro atoms. The molecule has 2 aromatic rings. The van der Waals surface area contributed by atoms with Gasteiger partial charge in [-0.3, -0.25) is 0 Å². The fourth-order valence-corrected chi connectivity index (χ4v) is 2.36. The van der Waals surface area contributed by atoms with Gasteiger partial charge in [-0.2, -0.15) is 0 Å². The van der Waals surface area contributed by atoms with Gasteiger partial charge in [0, 0.05) is 18.9 Å². The van der Waals surface area contributed by atoms with Crippen LogP contribution in [0.5, 0.6) is 5.75 Å².